The van der Waals surface area contributed by atoms with E-state index in [1.54, 1.807) is 27.8 Å². The molecule has 0 unspecified atom stereocenters. The number of likely N-dealkylation sites (tertiary alicyclic amines) is 1. The molecule has 3 heterocycles. The third-order valence-corrected chi connectivity index (χ3v) is 7.67. The van der Waals surface area contributed by atoms with Gasteiger partial charge in [0.05, 0.1) is 24.8 Å². The lowest BCUT2D eigenvalue weighted by Gasteiger charge is -2.31. The minimum Gasteiger partial charge on any atom is -0.456 e. The first-order chi connectivity index (χ1) is 20.2. The SMILES string of the molecule is Cc1cc(C(=O)NCC2CCN(C(=O)OCC(C)C)CC2)nn1Cc1cc(Cl)cc2cc(-c3ccc(C#N)cc3)oc12. The van der Waals surface area contributed by atoms with Crippen molar-refractivity contribution in [3.05, 3.63) is 76.1 Å². The van der Waals surface area contributed by atoms with Crippen LogP contribution in [0.15, 0.2) is 52.9 Å². The molecule has 0 atom stereocenters. The maximum absolute atomic E-state index is 13.0. The summed E-state index contributed by atoms with van der Waals surface area (Å²) in [5, 5.41) is 18.1. The first-order valence-electron chi connectivity index (χ1n) is 14.2. The van der Waals surface area contributed by atoms with Crippen LogP contribution in [-0.2, 0) is 11.3 Å². The van der Waals surface area contributed by atoms with Gasteiger partial charge in [0, 0.05) is 46.9 Å². The van der Waals surface area contributed by atoms with Crippen LogP contribution in [0.25, 0.3) is 22.3 Å². The lowest BCUT2D eigenvalue weighted by molar-refractivity contribution is 0.0772. The Morgan fingerprint density at radius 3 is 2.60 bits per heavy atom. The Morgan fingerprint density at radius 2 is 1.90 bits per heavy atom. The number of piperidine rings is 1. The highest BCUT2D eigenvalue weighted by Gasteiger charge is 2.25. The van der Waals surface area contributed by atoms with Crippen LogP contribution < -0.4 is 5.32 Å². The van der Waals surface area contributed by atoms with E-state index in [4.69, 9.17) is 26.0 Å². The van der Waals surface area contributed by atoms with Gasteiger partial charge in [0.15, 0.2) is 0 Å². The van der Waals surface area contributed by atoms with Crippen LogP contribution >= 0.6 is 11.6 Å². The van der Waals surface area contributed by atoms with Crippen molar-refractivity contribution in [3.8, 4) is 17.4 Å². The van der Waals surface area contributed by atoms with Gasteiger partial charge in [-0.2, -0.15) is 10.4 Å². The van der Waals surface area contributed by atoms with Gasteiger partial charge in [0.25, 0.3) is 5.91 Å². The average Bonchev–Trinajstić information content (AvgIpc) is 3.58. The first-order valence-corrected chi connectivity index (χ1v) is 14.5. The lowest BCUT2D eigenvalue weighted by Crippen LogP contribution is -2.42. The van der Waals surface area contributed by atoms with Crippen molar-refractivity contribution in [2.24, 2.45) is 11.8 Å². The summed E-state index contributed by atoms with van der Waals surface area (Å²) in [6.07, 6.45) is 1.36. The minimum absolute atomic E-state index is 0.229. The number of nitrogens with zero attached hydrogens (tertiary/aromatic N) is 4. The molecule has 0 radical (unpaired) electrons. The fraction of sp³-hybridized carbons (Fsp3) is 0.375. The molecule has 0 bridgehead atoms. The molecular weight excluding hydrogens is 554 g/mol. The summed E-state index contributed by atoms with van der Waals surface area (Å²) < 4.78 is 13.3. The highest BCUT2D eigenvalue weighted by atomic mass is 35.5. The standard InChI is InChI=1S/C32H34ClN5O4/c1-20(2)19-41-32(40)37-10-8-23(9-11-37)17-35-31(39)28-12-21(3)38(36-28)18-26-14-27(33)13-25-15-29(42-30(25)26)24-6-4-22(16-34)5-7-24/h4-7,12-15,20,23H,8-11,17-19H2,1-3H3,(H,35,39). The molecule has 2 aromatic carbocycles. The summed E-state index contributed by atoms with van der Waals surface area (Å²) in [5.74, 6) is 1.04. The molecule has 1 aliphatic rings. The number of nitriles is 1. The molecule has 0 spiro atoms. The molecule has 4 aromatic rings. The van der Waals surface area contributed by atoms with Crippen molar-refractivity contribution in [2.75, 3.05) is 26.2 Å². The maximum Gasteiger partial charge on any atom is 0.409 e. The Balaban J connectivity index is 1.21. The molecule has 2 amide bonds. The molecule has 10 heteroatoms. The fourth-order valence-electron chi connectivity index (χ4n) is 5.07. The molecule has 5 rings (SSSR count). The minimum atomic E-state index is -0.260. The summed E-state index contributed by atoms with van der Waals surface area (Å²) in [4.78, 5) is 26.9. The second-order valence-corrected chi connectivity index (χ2v) is 11.7. The van der Waals surface area contributed by atoms with Gasteiger partial charge in [-0.3, -0.25) is 9.48 Å². The average molecular weight is 588 g/mol. The molecule has 2 aromatic heterocycles. The summed E-state index contributed by atoms with van der Waals surface area (Å²) in [6.45, 7) is 8.50. The van der Waals surface area contributed by atoms with Crippen LogP contribution in [0.3, 0.4) is 0 Å². The highest BCUT2D eigenvalue weighted by Crippen LogP contribution is 2.33. The van der Waals surface area contributed by atoms with Crippen molar-refractivity contribution < 1.29 is 18.7 Å². The predicted molar refractivity (Wildman–Crippen MR) is 160 cm³/mol. The number of carbonyl (C=O) groups is 2. The number of ether oxygens (including phenoxy) is 1. The van der Waals surface area contributed by atoms with E-state index >= 15 is 0 Å². The summed E-state index contributed by atoms with van der Waals surface area (Å²) in [6, 6.07) is 16.7. The summed E-state index contributed by atoms with van der Waals surface area (Å²) in [7, 11) is 0. The number of furan rings is 1. The van der Waals surface area contributed by atoms with E-state index in [-0.39, 0.29) is 17.9 Å². The van der Waals surface area contributed by atoms with E-state index in [1.165, 1.54) is 0 Å². The molecule has 1 fully saturated rings. The summed E-state index contributed by atoms with van der Waals surface area (Å²) >= 11 is 6.45. The number of aromatic nitrogens is 2. The molecule has 0 saturated carbocycles. The Bertz CT molecular complexity index is 1630. The normalized spacial score (nSPS) is 13.9. The molecule has 218 valence electrons. The number of aryl methyl sites for hydroxylation is 1. The van der Waals surface area contributed by atoms with Gasteiger partial charge in [0.2, 0.25) is 0 Å². The Morgan fingerprint density at radius 1 is 1.17 bits per heavy atom. The van der Waals surface area contributed by atoms with Gasteiger partial charge in [0.1, 0.15) is 17.0 Å². The molecule has 1 saturated heterocycles. The van der Waals surface area contributed by atoms with Crippen LogP contribution in [-0.4, -0.2) is 52.9 Å². The largest absolute Gasteiger partial charge is 0.456 e. The van der Waals surface area contributed by atoms with Crippen LogP contribution in [0.4, 0.5) is 4.79 Å². The number of hydrogen-bond acceptors (Lipinski definition) is 6. The van der Waals surface area contributed by atoms with Gasteiger partial charge < -0.3 is 19.4 Å². The van der Waals surface area contributed by atoms with Crippen molar-refractivity contribution in [2.45, 2.75) is 40.2 Å². The van der Waals surface area contributed by atoms with Crippen LogP contribution in [0.2, 0.25) is 5.02 Å². The number of halogens is 1. The molecule has 1 N–H and O–H groups in total. The zero-order valence-corrected chi connectivity index (χ0v) is 24.8. The van der Waals surface area contributed by atoms with Crippen molar-refractivity contribution in [1.29, 1.82) is 5.26 Å². The number of rotatable bonds is 8. The van der Waals surface area contributed by atoms with Gasteiger partial charge in [-0.1, -0.05) is 25.4 Å². The van der Waals surface area contributed by atoms with E-state index in [1.807, 2.05) is 51.1 Å². The quantitative estimate of drug-likeness (QED) is 0.255. The van der Waals surface area contributed by atoms with E-state index in [2.05, 4.69) is 16.5 Å². The van der Waals surface area contributed by atoms with E-state index < -0.39 is 0 Å². The number of nitrogens with one attached hydrogen (secondary N) is 1. The number of amides is 2. The smallest absolute Gasteiger partial charge is 0.409 e. The molecule has 1 aliphatic heterocycles. The Labute approximate surface area is 250 Å². The first kappa shape index (κ1) is 29.2. The molecule has 9 nitrogen and oxygen atoms in total. The summed E-state index contributed by atoms with van der Waals surface area (Å²) in [5.41, 5.74) is 4.15. The predicted octanol–water partition coefficient (Wildman–Crippen LogP) is 6.41. The van der Waals surface area contributed by atoms with Gasteiger partial charge in [-0.25, -0.2) is 4.79 Å². The fourth-order valence-corrected chi connectivity index (χ4v) is 5.32. The van der Waals surface area contributed by atoms with Crippen molar-refractivity contribution >= 4 is 34.6 Å². The number of fused-ring (bicyclic) bond motifs is 1. The Kier molecular flexibility index (Phi) is 8.83. The number of benzene rings is 2. The van der Waals surface area contributed by atoms with E-state index in [9.17, 15) is 9.59 Å². The second kappa shape index (κ2) is 12.7. The van der Waals surface area contributed by atoms with Crippen LogP contribution in [0, 0.1) is 30.1 Å². The highest BCUT2D eigenvalue weighted by molar-refractivity contribution is 6.31. The van der Waals surface area contributed by atoms with Gasteiger partial charge in [-0.15, -0.1) is 0 Å². The third-order valence-electron chi connectivity index (χ3n) is 7.45. The van der Waals surface area contributed by atoms with Gasteiger partial charge >= 0.3 is 6.09 Å². The zero-order valence-electron chi connectivity index (χ0n) is 24.0. The maximum atomic E-state index is 13.0. The van der Waals surface area contributed by atoms with Crippen molar-refractivity contribution in [3.63, 3.8) is 0 Å². The van der Waals surface area contributed by atoms with Gasteiger partial charge in [-0.05, 0) is 80.1 Å². The van der Waals surface area contributed by atoms with E-state index in [0.717, 1.165) is 35.0 Å². The third kappa shape index (κ3) is 6.77. The Hall–Kier alpha value is -4.29. The topological polar surface area (TPSA) is 113 Å². The molecular formula is C32H34ClN5O4. The zero-order chi connectivity index (χ0) is 29.8. The van der Waals surface area contributed by atoms with Crippen LogP contribution in [0.1, 0.15) is 54.0 Å². The number of carbonyl (C=O) groups excluding carboxylic acids is 2. The van der Waals surface area contributed by atoms with Crippen LogP contribution in [0.5, 0.6) is 0 Å². The number of hydrogen-bond donors (Lipinski definition) is 1. The lowest BCUT2D eigenvalue weighted by atomic mass is 9.97. The molecule has 0 aliphatic carbocycles. The second-order valence-electron chi connectivity index (χ2n) is 11.2. The van der Waals surface area contributed by atoms with Crippen molar-refractivity contribution in [1.82, 2.24) is 20.0 Å². The van der Waals surface area contributed by atoms with E-state index in [0.29, 0.717) is 66.3 Å². The molecule has 42 heavy (non-hydrogen) atoms. The monoisotopic (exact) mass is 587 g/mol.